The topological polar surface area (TPSA) is 44.7 Å². The minimum absolute atomic E-state index is 0. The lowest BCUT2D eigenvalue weighted by Gasteiger charge is -2.42. The number of hydrogen-bond acceptors (Lipinski definition) is 4. The highest BCUT2D eigenvalue weighted by Gasteiger charge is 2.40. The van der Waals surface area contributed by atoms with E-state index in [0.717, 1.165) is 82.5 Å². The molecule has 1 saturated heterocycles. The van der Waals surface area contributed by atoms with Crippen molar-refractivity contribution in [2.24, 2.45) is 0 Å². The first kappa shape index (κ1) is 31.0. The number of alkyl halides is 3. The molecule has 2 aliphatic rings. The average molecular weight is 570 g/mol. The van der Waals surface area contributed by atoms with E-state index in [9.17, 15) is 18.3 Å². The summed E-state index contributed by atoms with van der Waals surface area (Å²) in [6, 6.07) is 10.6. The quantitative estimate of drug-likeness (QED) is 0.401. The Kier molecular flexibility index (Phi) is 11.7. The molecule has 1 atom stereocenters. The molecule has 4 rings (SSSR count). The molecule has 1 heterocycles. The predicted octanol–water partition coefficient (Wildman–Crippen LogP) is 6.47. The first-order valence-electron chi connectivity index (χ1n) is 12.0. The van der Waals surface area contributed by atoms with Gasteiger partial charge in [-0.2, -0.15) is 13.2 Å². The molecule has 2 aromatic carbocycles. The molecule has 2 fully saturated rings. The summed E-state index contributed by atoms with van der Waals surface area (Å²) in [7, 11) is 0. The Morgan fingerprint density at radius 3 is 2.22 bits per heavy atom. The van der Waals surface area contributed by atoms with Crippen LogP contribution in [0.15, 0.2) is 42.5 Å². The third kappa shape index (κ3) is 7.89. The summed E-state index contributed by atoms with van der Waals surface area (Å²) in [6.07, 6.45) is 0.413. The Bertz CT molecular complexity index is 948. The van der Waals surface area contributed by atoms with Gasteiger partial charge >= 0.3 is 6.18 Å². The van der Waals surface area contributed by atoms with Crippen LogP contribution in [0, 0.1) is 0 Å². The Morgan fingerprint density at radius 2 is 1.64 bits per heavy atom. The zero-order chi connectivity index (χ0) is 24.2. The van der Waals surface area contributed by atoms with Crippen LogP contribution < -0.4 is 10.1 Å². The van der Waals surface area contributed by atoms with Crippen molar-refractivity contribution in [1.29, 1.82) is 0 Å². The molecule has 1 unspecified atom stereocenters. The Morgan fingerprint density at radius 1 is 1.00 bits per heavy atom. The molecule has 1 aliphatic heterocycles. The van der Waals surface area contributed by atoms with Gasteiger partial charge < -0.3 is 20.1 Å². The molecular weight excluding hydrogens is 536 g/mol. The molecule has 36 heavy (non-hydrogen) atoms. The van der Waals surface area contributed by atoms with Crippen LogP contribution >= 0.6 is 36.4 Å². The van der Waals surface area contributed by atoms with Crippen molar-refractivity contribution >= 4 is 36.4 Å². The third-order valence-corrected chi connectivity index (χ3v) is 7.35. The molecular formula is C26H34Cl3F3N2O2. The lowest BCUT2D eigenvalue weighted by atomic mass is 9.72. The second-order valence-corrected chi connectivity index (χ2v) is 9.85. The number of piperazine rings is 1. The van der Waals surface area contributed by atoms with Gasteiger partial charge in [0.2, 0.25) is 0 Å². The van der Waals surface area contributed by atoms with Crippen LogP contribution in [0.3, 0.4) is 0 Å². The highest BCUT2D eigenvalue weighted by Crippen LogP contribution is 2.42. The molecule has 1 saturated carbocycles. The maximum absolute atomic E-state index is 12.8. The fraction of sp³-hybridized carbons (Fsp3) is 0.538. The Balaban J connectivity index is 0.00000228. The largest absolute Gasteiger partial charge is 0.487 e. The summed E-state index contributed by atoms with van der Waals surface area (Å²) >= 11 is 6.57. The van der Waals surface area contributed by atoms with Crippen LogP contribution in [0.2, 0.25) is 5.02 Å². The number of hydrogen-bond donors (Lipinski definition) is 2. The maximum atomic E-state index is 12.8. The number of rotatable bonds is 7. The van der Waals surface area contributed by atoms with E-state index in [-0.39, 0.29) is 37.3 Å². The van der Waals surface area contributed by atoms with E-state index in [2.05, 4.69) is 10.2 Å². The van der Waals surface area contributed by atoms with Gasteiger partial charge in [0.25, 0.3) is 0 Å². The number of nitrogens with zero attached hydrogens (tertiary/aromatic N) is 1. The first-order chi connectivity index (χ1) is 16.2. The molecule has 202 valence electrons. The molecule has 0 spiro atoms. The first-order valence-corrected chi connectivity index (χ1v) is 12.4. The van der Waals surface area contributed by atoms with Crippen LogP contribution in [-0.2, 0) is 12.8 Å². The second kappa shape index (κ2) is 13.5. The van der Waals surface area contributed by atoms with Crippen molar-refractivity contribution in [3.05, 3.63) is 64.2 Å². The predicted molar refractivity (Wildman–Crippen MR) is 142 cm³/mol. The number of halogens is 6. The minimum atomic E-state index is -4.36. The zero-order valence-electron chi connectivity index (χ0n) is 20.0. The van der Waals surface area contributed by atoms with Gasteiger partial charge in [0.1, 0.15) is 12.4 Å². The monoisotopic (exact) mass is 568 g/mol. The molecule has 1 aliphatic carbocycles. The van der Waals surface area contributed by atoms with Crippen molar-refractivity contribution in [1.82, 2.24) is 10.2 Å². The van der Waals surface area contributed by atoms with E-state index < -0.39 is 17.3 Å². The molecule has 0 bridgehead atoms. The van der Waals surface area contributed by atoms with Crippen LogP contribution in [0.25, 0.3) is 0 Å². The minimum Gasteiger partial charge on any atom is -0.487 e. The van der Waals surface area contributed by atoms with Gasteiger partial charge in [0.15, 0.2) is 0 Å². The van der Waals surface area contributed by atoms with Crippen LogP contribution in [-0.4, -0.2) is 48.3 Å². The van der Waals surface area contributed by atoms with Crippen molar-refractivity contribution in [3.63, 3.8) is 0 Å². The summed E-state index contributed by atoms with van der Waals surface area (Å²) in [6.45, 7) is 4.69. The van der Waals surface area contributed by atoms with Crippen LogP contribution in [0.1, 0.15) is 54.7 Å². The lowest BCUT2D eigenvalue weighted by molar-refractivity contribution is -0.137. The highest BCUT2D eigenvalue weighted by molar-refractivity contribution is 6.32. The van der Waals surface area contributed by atoms with E-state index in [1.165, 1.54) is 12.1 Å². The summed E-state index contributed by atoms with van der Waals surface area (Å²) in [5.74, 6) is 0.425. The fourth-order valence-electron chi connectivity index (χ4n) is 5.05. The summed E-state index contributed by atoms with van der Waals surface area (Å²) in [5.41, 5.74) is 0.181. The van der Waals surface area contributed by atoms with E-state index >= 15 is 0 Å². The normalized spacial score (nSPS) is 19.0. The van der Waals surface area contributed by atoms with Crippen LogP contribution in [0.4, 0.5) is 13.2 Å². The lowest BCUT2D eigenvalue weighted by Crippen LogP contribution is -2.49. The SMILES string of the molecule is Cl.Cl.OC1(C(CN2CCNCC2)c2ccc(OCc3ccc(C(F)(F)F)cc3)c(Cl)c2)CCCCC1. The van der Waals surface area contributed by atoms with Gasteiger partial charge in [-0.15, -0.1) is 24.8 Å². The fourth-order valence-corrected chi connectivity index (χ4v) is 5.30. The molecule has 4 nitrogen and oxygen atoms in total. The standard InChI is InChI=1S/C26H32ClF3N2O2.2ClH/c27-23-16-20(6-9-24(23)34-18-19-4-7-21(8-5-19)26(28,29)30)22(17-32-14-12-31-13-15-32)25(33)10-2-1-3-11-25;;/h4-9,16,22,31,33H,1-3,10-15,17-18H2;2*1H. The molecule has 2 N–H and O–H groups in total. The van der Waals surface area contributed by atoms with E-state index in [1.54, 1.807) is 6.07 Å². The highest BCUT2D eigenvalue weighted by atomic mass is 35.5. The van der Waals surface area contributed by atoms with E-state index in [1.807, 2.05) is 12.1 Å². The van der Waals surface area contributed by atoms with Gasteiger partial charge in [-0.3, -0.25) is 0 Å². The molecule has 10 heteroatoms. The summed E-state index contributed by atoms with van der Waals surface area (Å²) < 4.78 is 44.1. The van der Waals surface area contributed by atoms with Gasteiger partial charge in [0, 0.05) is 38.6 Å². The molecule has 0 radical (unpaired) electrons. The summed E-state index contributed by atoms with van der Waals surface area (Å²) in [4.78, 5) is 2.40. The zero-order valence-corrected chi connectivity index (χ0v) is 22.4. The average Bonchev–Trinajstić information content (AvgIpc) is 2.82. The number of benzene rings is 2. The molecule has 0 aromatic heterocycles. The molecule has 2 aromatic rings. The van der Waals surface area contributed by atoms with E-state index in [4.69, 9.17) is 16.3 Å². The number of ether oxygens (including phenoxy) is 1. The second-order valence-electron chi connectivity index (χ2n) is 9.44. The maximum Gasteiger partial charge on any atom is 0.416 e. The van der Waals surface area contributed by atoms with Gasteiger partial charge in [0.05, 0.1) is 16.2 Å². The van der Waals surface area contributed by atoms with Crippen LogP contribution in [0.5, 0.6) is 5.75 Å². The number of aliphatic hydroxyl groups is 1. The van der Waals surface area contributed by atoms with Crippen molar-refractivity contribution < 1.29 is 23.0 Å². The van der Waals surface area contributed by atoms with Gasteiger partial charge in [-0.25, -0.2) is 0 Å². The van der Waals surface area contributed by atoms with Crippen molar-refractivity contribution in [2.75, 3.05) is 32.7 Å². The van der Waals surface area contributed by atoms with Gasteiger partial charge in [-0.05, 0) is 48.2 Å². The summed E-state index contributed by atoms with van der Waals surface area (Å²) in [5, 5.41) is 15.4. The smallest absolute Gasteiger partial charge is 0.416 e. The third-order valence-electron chi connectivity index (χ3n) is 7.05. The Hall–Kier alpha value is -1.22. The van der Waals surface area contributed by atoms with Gasteiger partial charge in [-0.1, -0.05) is 49.1 Å². The number of nitrogens with one attached hydrogen (secondary N) is 1. The van der Waals surface area contributed by atoms with Crippen molar-refractivity contribution in [2.45, 2.75) is 56.4 Å². The Labute approximate surface area is 228 Å². The van der Waals surface area contributed by atoms with Crippen molar-refractivity contribution in [3.8, 4) is 5.75 Å². The van der Waals surface area contributed by atoms with E-state index in [0.29, 0.717) is 16.3 Å². The molecule has 0 amide bonds.